The molecule has 28 heavy (non-hydrogen) atoms. The molecule has 2 aromatic heterocycles. The van der Waals surface area contributed by atoms with E-state index < -0.39 is 0 Å². The maximum Gasteiger partial charge on any atom is 0.266 e. The third-order valence-electron chi connectivity index (χ3n) is 5.88. The van der Waals surface area contributed by atoms with Gasteiger partial charge in [0.1, 0.15) is 11.5 Å². The van der Waals surface area contributed by atoms with Crippen LogP contribution in [0.5, 0.6) is 0 Å². The van der Waals surface area contributed by atoms with Crippen LogP contribution in [0.4, 0.5) is 0 Å². The van der Waals surface area contributed by atoms with Crippen LogP contribution in [0.2, 0.25) is 0 Å². The summed E-state index contributed by atoms with van der Waals surface area (Å²) in [5.41, 5.74) is 3.37. The molecule has 0 bridgehead atoms. The Balaban J connectivity index is 1.28. The molecule has 0 N–H and O–H groups in total. The first-order valence-electron chi connectivity index (χ1n) is 10.4. The number of piperazine rings is 1. The van der Waals surface area contributed by atoms with Crippen LogP contribution in [0.1, 0.15) is 49.9 Å². The highest BCUT2D eigenvalue weighted by Crippen LogP contribution is 2.26. The molecule has 0 unspecified atom stereocenters. The van der Waals surface area contributed by atoms with Crippen molar-refractivity contribution in [1.29, 1.82) is 0 Å². The van der Waals surface area contributed by atoms with Gasteiger partial charge < -0.3 is 4.52 Å². The van der Waals surface area contributed by atoms with Crippen molar-refractivity contribution >= 4 is 0 Å². The molecule has 1 saturated heterocycles. The SMILES string of the molecule is CC(C)(C)c1ccc(=O)n(CCN2CCN(Cc3noc4c3CCC4)CC2)n1. The summed E-state index contributed by atoms with van der Waals surface area (Å²) >= 11 is 0. The molecule has 2 aromatic rings. The van der Waals surface area contributed by atoms with E-state index in [4.69, 9.17) is 4.52 Å². The Hall–Kier alpha value is -1.99. The average molecular weight is 386 g/mol. The van der Waals surface area contributed by atoms with E-state index in [0.29, 0.717) is 6.54 Å². The Labute approximate surface area is 166 Å². The lowest BCUT2D eigenvalue weighted by Gasteiger charge is -2.34. The smallest absolute Gasteiger partial charge is 0.266 e. The minimum absolute atomic E-state index is 0.0217. The van der Waals surface area contributed by atoms with Crippen LogP contribution in [-0.2, 0) is 31.3 Å². The second-order valence-corrected chi connectivity index (χ2v) is 9.03. The second kappa shape index (κ2) is 7.79. The molecule has 7 nitrogen and oxygen atoms in total. The van der Waals surface area contributed by atoms with E-state index >= 15 is 0 Å². The van der Waals surface area contributed by atoms with Crippen LogP contribution < -0.4 is 5.56 Å². The lowest BCUT2D eigenvalue weighted by atomic mass is 9.92. The van der Waals surface area contributed by atoms with E-state index in [2.05, 4.69) is 40.8 Å². The summed E-state index contributed by atoms with van der Waals surface area (Å²) < 4.78 is 7.09. The van der Waals surface area contributed by atoms with Gasteiger partial charge in [-0.05, 0) is 18.9 Å². The van der Waals surface area contributed by atoms with Gasteiger partial charge in [-0.1, -0.05) is 25.9 Å². The molecule has 1 fully saturated rings. The summed E-state index contributed by atoms with van der Waals surface area (Å²) in [6.45, 7) is 12.8. The minimum Gasteiger partial charge on any atom is -0.361 e. The average Bonchev–Trinajstić information content (AvgIpc) is 3.26. The van der Waals surface area contributed by atoms with Crippen LogP contribution in [0.25, 0.3) is 0 Å². The summed E-state index contributed by atoms with van der Waals surface area (Å²) in [5.74, 6) is 1.10. The zero-order chi connectivity index (χ0) is 19.7. The van der Waals surface area contributed by atoms with Gasteiger partial charge in [0, 0.05) is 62.7 Å². The monoisotopic (exact) mass is 385 g/mol. The van der Waals surface area contributed by atoms with E-state index in [0.717, 1.165) is 69.3 Å². The largest absolute Gasteiger partial charge is 0.361 e. The number of hydrogen-bond donors (Lipinski definition) is 0. The predicted octanol–water partition coefficient (Wildman–Crippen LogP) is 1.84. The van der Waals surface area contributed by atoms with E-state index in [-0.39, 0.29) is 11.0 Å². The lowest BCUT2D eigenvalue weighted by Crippen LogP contribution is -2.47. The van der Waals surface area contributed by atoms with Gasteiger partial charge in [-0.25, -0.2) is 4.68 Å². The number of aromatic nitrogens is 3. The summed E-state index contributed by atoms with van der Waals surface area (Å²) in [6, 6.07) is 3.49. The maximum atomic E-state index is 12.2. The van der Waals surface area contributed by atoms with Gasteiger partial charge >= 0.3 is 0 Å². The van der Waals surface area contributed by atoms with Crippen LogP contribution in [0, 0.1) is 0 Å². The molecular weight excluding hydrogens is 354 g/mol. The fourth-order valence-corrected chi connectivity index (χ4v) is 4.04. The maximum absolute atomic E-state index is 12.2. The van der Waals surface area contributed by atoms with Gasteiger partial charge in [0.2, 0.25) is 0 Å². The topological polar surface area (TPSA) is 67.4 Å². The van der Waals surface area contributed by atoms with Gasteiger partial charge in [0.05, 0.1) is 12.2 Å². The molecular formula is C21H31N5O2. The Morgan fingerprint density at radius 1 is 1.04 bits per heavy atom. The van der Waals surface area contributed by atoms with Crippen molar-refractivity contribution in [2.45, 2.75) is 58.5 Å². The van der Waals surface area contributed by atoms with Crippen LogP contribution in [0.3, 0.4) is 0 Å². The molecule has 2 aliphatic rings. The zero-order valence-electron chi connectivity index (χ0n) is 17.3. The molecule has 0 atom stereocenters. The lowest BCUT2D eigenvalue weighted by molar-refractivity contribution is 0.120. The molecule has 7 heteroatoms. The quantitative estimate of drug-likeness (QED) is 0.782. The van der Waals surface area contributed by atoms with E-state index in [1.54, 1.807) is 10.7 Å². The van der Waals surface area contributed by atoms with Gasteiger partial charge in [-0.2, -0.15) is 5.10 Å². The van der Waals surface area contributed by atoms with Crippen molar-refractivity contribution in [3.63, 3.8) is 0 Å². The molecule has 3 heterocycles. The first-order chi connectivity index (χ1) is 13.4. The molecule has 0 spiro atoms. The molecule has 0 amide bonds. The Kier molecular flexibility index (Phi) is 5.38. The Morgan fingerprint density at radius 2 is 1.79 bits per heavy atom. The molecule has 1 aliphatic carbocycles. The third-order valence-corrected chi connectivity index (χ3v) is 5.88. The molecule has 0 aromatic carbocycles. The third kappa shape index (κ3) is 4.20. The first-order valence-corrected chi connectivity index (χ1v) is 10.4. The predicted molar refractivity (Wildman–Crippen MR) is 107 cm³/mol. The highest BCUT2D eigenvalue weighted by Gasteiger charge is 2.24. The Bertz CT molecular complexity index is 872. The van der Waals surface area contributed by atoms with Crippen LogP contribution >= 0.6 is 0 Å². The standard InChI is InChI=1S/C21H31N5O2/c1-21(2,3)19-7-8-20(27)26(22-19)14-13-24-9-11-25(12-10-24)15-17-16-5-4-6-18(16)28-23-17/h7-8H,4-6,9-15H2,1-3H3. The van der Waals surface area contributed by atoms with Crippen molar-refractivity contribution < 1.29 is 4.52 Å². The first kappa shape index (κ1) is 19.3. The number of rotatable bonds is 5. The van der Waals surface area contributed by atoms with Crippen LogP contribution in [-0.4, -0.2) is 57.5 Å². The second-order valence-electron chi connectivity index (χ2n) is 9.03. The van der Waals surface area contributed by atoms with E-state index in [1.807, 2.05) is 6.07 Å². The number of nitrogens with zero attached hydrogens (tertiary/aromatic N) is 5. The van der Waals surface area contributed by atoms with Crippen LogP contribution in [0.15, 0.2) is 21.5 Å². The number of aryl methyl sites for hydroxylation is 1. The van der Waals surface area contributed by atoms with Gasteiger partial charge in [-0.3, -0.25) is 14.6 Å². The molecule has 4 rings (SSSR count). The van der Waals surface area contributed by atoms with Crippen molar-refractivity contribution in [3.8, 4) is 0 Å². The highest BCUT2D eigenvalue weighted by molar-refractivity contribution is 5.27. The van der Waals surface area contributed by atoms with Crippen molar-refractivity contribution in [1.82, 2.24) is 24.7 Å². The number of hydrogen-bond acceptors (Lipinski definition) is 6. The summed E-state index contributed by atoms with van der Waals surface area (Å²) in [7, 11) is 0. The molecule has 152 valence electrons. The summed E-state index contributed by atoms with van der Waals surface area (Å²) in [4.78, 5) is 17.0. The number of fused-ring (bicyclic) bond motifs is 1. The van der Waals surface area contributed by atoms with Crippen molar-refractivity contribution in [2.75, 3.05) is 32.7 Å². The van der Waals surface area contributed by atoms with Crippen molar-refractivity contribution in [2.24, 2.45) is 0 Å². The fourth-order valence-electron chi connectivity index (χ4n) is 4.04. The van der Waals surface area contributed by atoms with Crippen molar-refractivity contribution in [3.05, 3.63) is 45.2 Å². The Morgan fingerprint density at radius 3 is 2.54 bits per heavy atom. The van der Waals surface area contributed by atoms with Gasteiger partial charge in [0.25, 0.3) is 5.56 Å². The summed E-state index contributed by atoms with van der Waals surface area (Å²) in [5, 5.41) is 8.86. The fraction of sp³-hybridized carbons (Fsp3) is 0.667. The highest BCUT2D eigenvalue weighted by atomic mass is 16.5. The molecule has 0 radical (unpaired) electrons. The summed E-state index contributed by atoms with van der Waals surface area (Å²) in [6.07, 6.45) is 3.35. The van der Waals surface area contributed by atoms with E-state index in [9.17, 15) is 4.79 Å². The zero-order valence-corrected chi connectivity index (χ0v) is 17.3. The van der Waals surface area contributed by atoms with Gasteiger partial charge in [0.15, 0.2) is 0 Å². The molecule has 0 saturated carbocycles. The van der Waals surface area contributed by atoms with Gasteiger partial charge in [-0.15, -0.1) is 0 Å². The minimum atomic E-state index is -0.0532. The van der Waals surface area contributed by atoms with E-state index in [1.165, 1.54) is 12.0 Å². The normalized spacial score (nSPS) is 18.5. The molecule has 1 aliphatic heterocycles.